The lowest BCUT2D eigenvalue weighted by Gasteiger charge is -2.13. The number of urea groups is 1. The highest BCUT2D eigenvalue weighted by Gasteiger charge is 2.08. The summed E-state index contributed by atoms with van der Waals surface area (Å²) in [5, 5.41) is 17.9. The Labute approximate surface area is 149 Å². The van der Waals surface area contributed by atoms with Crippen molar-refractivity contribution < 1.29 is 9.90 Å². The van der Waals surface area contributed by atoms with Crippen LogP contribution in [0.1, 0.15) is 5.56 Å². The smallest absolute Gasteiger partial charge is 0.323 e. The normalized spacial score (nSPS) is 10.3. The summed E-state index contributed by atoms with van der Waals surface area (Å²) in [6.45, 7) is 1.20. The monoisotopic (exact) mass is 392 g/mol. The lowest BCUT2D eigenvalue weighted by atomic mass is 10.1. The summed E-state index contributed by atoms with van der Waals surface area (Å²) in [7, 11) is 0. The lowest BCUT2D eigenvalue weighted by Crippen LogP contribution is -2.20. The number of aliphatic hydroxyl groups excluding tert-OH is 1. The molecule has 0 radical (unpaired) electrons. The number of halogens is 1. The molecule has 128 valence electrons. The van der Waals surface area contributed by atoms with Crippen molar-refractivity contribution in [2.24, 2.45) is 5.73 Å². The van der Waals surface area contributed by atoms with E-state index in [9.17, 15) is 4.79 Å². The zero-order chi connectivity index (χ0) is 17.4. The summed E-state index contributed by atoms with van der Waals surface area (Å²) in [5.74, 6) is 0. The van der Waals surface area contributed by atoms with Gasteiger partial charge in [-0.3, -0.25) is 0 Å². The molecule has 0 aliphatic carbocycles. The van der Waals surface area contributed by atoms with Crippen LogP contribution in [0.15, 0.2) is 46.9 Å². The van der Waals surface area contributed by atoms with Crippen molar-refractivity contribution >= 4 is 39.0 Å². The average molecular weight is 393 g/mol. The highest BCUT2D eigenvalue weighted by Crippen LogP contribution is 2.23. The van der Waals surface area contributed by atoms with Crippen LogP contribution in [0.5, 0.6) is 0 Å². The van der Waals surface area contributed by atoms with E-state index in [0.29, 0.717) is 30.9 Å². The number of amides is 2. The van der Waals surface area contributed by atoms with Crippen LogP contribution in [0.25, 0.3) is 0 Å². The molecule has 0 saturated heterocycles. The molecule has 0 saturated carbocycles. The Morgan fingerprint density at radius 1 is 1.12 bits per heavy atom. The van der Waals surface area contributed by atoms with E-state index in [0.717, 1.165) is 15.7 Å². The van der Waals surface area contributed by atoms with Crippen LogP contribution in [-0.4, -0.2) is 30.8 Å². The van der Waals surface area contributed by atoms with E-state index in [-0.39, 0.29) is 12.6 Å². The van der Waals surface area contributed by atoms with Gasteiger partial charge in [0.2, 0.25) is 0 Å². The number of anilines is 3. The number of carbonyl (C=O) groups excluding carboxylic acids is 1. The maximum Gasteiger partial charge on any atom is 0.323 e. The van der Waals surface area contributed by atoms with Crippen molar-refractivity contribution in [3.8, 4) is 0 Å². The molecule has 0 heterocycles. The van der Waals surface area contributed by atoms with E-state index in [1.54, 1.807) is 6.07 Å². The summed E-state index contributed by atoms with van der Waals surface area (Å²) in [4.78, 5) is 12.2. The zero-order valence-electron chi connectivity index (χ0n) is 13.2. The first-order chi connectivity index (χ1) is 11.6. The molecule has 24 heavy (non-hydrogen) atoms. The van der Waals surface area contributed by atoms with Gasteiger partial charge in [0.25, 0.3) is 0 Å². The van der Waals surface area contributed by atoms with Crippen molar-refractivity contribution in [3.63, 3.8) is 0 Å². The maximum atomic E-state index is 12.2. The fraction of sp³-hybridized carbons (Fsp3) is 0.235. The van der Waals surface area contributed by atoms with E-state index in [2.05, 4.69) is 31.9 Å². The van der Waals surface area contributed by atoms with Crippen molar-refractivity contribution in [1.29, 1.82) is 0 Å². The first kappa shape index (κ1) is 18.3. The third-order valence-corrected chi connectivity index (χ3v) is 3.73. The lowest BCUT2D eigenvalue weighted by molar-refractivity contribution is 0.262. The highest BCUT2D eigenvalue weighted by atomic mass is 79.9. The Bertz CT molecular complexity index is 694. The van der Waals surface area contributed by atoms with Gasteiger partial charge in [0.1, 0.15) is 0 Å². The minimum absolute atomic E-state index is 0.0299. The van der Waals surface area contributed by atoms with Gasteiger partial charge in [-0.25, -0.2) is 4.79 Å². The molecule has 2 aromatic carbocycles. The summed E-state index contributed by atoms with van der Waals surface area (Å²) < 4.78 is 0.848. The predicted octanol–water partition coefficient (Wildman–Crippen LogP) is 3.00. The van der Waals surface area contributed by atoms with E-state index in [1.165, 1.54) is 0 Å². The highest BCUT2D eigenvalue weighted by molar-refractivity contribution is 9.10. The molecule has 0 spiro atoms. The molecule has 0 atom stereocenters. The number of hydrogen-bond donors (Lipinski definition) is 5. The van der Waals surface area contributed by atoms with Gasteiger partial charge < -0.3 is 26.8 Å². The average Bonchev–Trinajstić information content (AvgIpc) is 2.54. The number of rotatable bonds is 7. The number of hydrogen-bond acceptors (Lipinski definition) is 4. The number of carbonyl (C=O) groups is 1. The van der Waals surface area contributed by atoms with Gasteiger partial charge in [0.15, 0.2) is 0 Å². The molecule has 0 fully saturated rings. The minimum Gasteiger partial charge on any atom is -0.396 e. The van der Waals surface area contributed by atoms with Crippen LogP contribution in [0.2, 0.25) is 0 Å². The molecule has 0 aromatic heterocycles. The quantitative estimate of drug-likeness (QED) is 0.499. The van der Waals surface area contributed by atoms with Crippen LogP contribution in [0.3, 0.4) is 0 Å². The van der Waals surface area contributed by atoms with Crippen LogP contribution < -0.4 is 21.7 Å². The maximum absolute atomic E-state index is 12.2. The molecule has 7 heteroatoms. The molecule has 0 unspecified atom stereocenters. The molecule has 0 aliphatic rings. The number of aliphatic hydroxyl groups is 1. The largest absolute Gasteiger partial charge is 0.396 e. The van der Waals surface area contributed by atoms with Gasteiger partial charge in [-0.1, -0.05) is 34.1 Å². The molecule has 6 N–H and O–H groups in total. The Kier molecular flexibility index (Phi) is 7.05. The van der Waals surface area contributed by atoms with Gasteiger partial charge in [-0.15, -0.1) is 0 Å². The number of nitrogens with one attached hydrogen (secondary N) is 3. The standard InChI is InChI=1S/C17H21BrN4O2/c18-13-9-14(20-7-6-19)11-15(10-13)21-17(24)22-16-4-2-1-3-12(16)5-8-23/h1-4,9-11,20,23H,5-8,19H2,(H2,21,22,24). The van der Waals surface area contributed by atoms with Gasteiger partial charge in [0, 0.05) is 41.2 Å². The van der Waals surface area contributed by atoms with Crippen LogP contribution in [0.4, 0.5) is 21.9 Å². The Morgan fingerprint density at radius 2 is 1.88 bits per heavy atom. The third kappa shape index (κ3) is 5.52. The van der Waals surface area contributed by atoms with Crippen molar-refractivity contribution in [2.75, 3.05) is 35.6 Å². The summed E-state index contributed by atoms with van der Waals surface area (Å²) in [6, 6.07) is 12.6. The molecule has 2 aromatic rings. The van der Waals surface area contributed by atoms with Crippen molar-refractivity contribution in [3.05, 3.63) is 52.5 Å². The van der Waals surface area contributed by atoms with E-state index in [4.69, 9.17) is 10.8 Å². The topological polar surface area (TPSA) is 99.4 Å². The van der Waals surface area contributed by atoms with Crippen molar-refractivity contribution in [2.45, 2.75) is 6.42 Å². The predicted molar refractivity (Wildman–Crippen MR) is 102 cm³/mol. The van der Waals surface area contributed by atoms with Crippen molar-refractivity contribution in [1.82, 2.24) is 0 Å². The fourth-order valence-electron chi connectivity index (χ4n) is 2.25. The summed E-state index contributed by atoms with van der Waals surface area (Å²) in [6.07, 6.45) is 0.487. The second-order valence-electron chi connectivity index (χ2n) is 5.15. The molecule has 2 amide bonds. The number of para-hydroxylation sites is 1. The Balaban J connectivity index is 2.06. The fourth-order valence-corrected chi connectivity index (χ4v) is 2.74. The molecule has 6 nitrogen and oxygen atoms in total. The Morgan fingerprint density at radius 3 is 2.62 bits per heavy atom. The number of nitrogens with two attached hydrogens (primary N) is 1. The first-order valence-electron chi connectivity index (χ1n) is 7.63. The van der Waals surface area contributed by atoms with E-state index >= 15 is 0 Å². The van der Waals surface area contributed by atoms with Gasteiger partial charge in [-0.2, -0.15) is 0 Å². The molecule has 0 aliphatic heterocycles. The molecule has 0 bridgehead atoms. The third-order valence-electron chi connectivity index (χ3n) is 3.28. The number of benzene rings is 2. The second-order valence-corrected chi connectivity index (χ2v) is 6.07. The van der Waals surface area contributed by atoms with Crippen LogP contribution >= 0.6 is 15.9 Å². The molecular weight excluding hydrogens is 372 g/mol. The van der Waals surface area contributed by atoms with Crippen LogP contribution in [0, 0.1) is 0 Å². The van der Waals surface area contributed by atoms with Gasteiger partial charge in [0.05, 0.1) is 0 Å². The first-order valence-corrected chi connectivity index (χ1v) is 8.43. The summed E-state index contributed by atoms with van der Waals surface area (Å²) in [5.41, 5.74) is 8.57. The van der Waals surface area contributed by atoms with Gasteiger partial charge in [-0.05, 0) is 36.2 Å². The van der Waals surface area contributed by atoms with E-state index < -0.39 is 0 Å². The SMILES string of the molecule is NCCNc1cc(Br)cc(NC(=O)Nc2ccccc2CCO)c1. The van der Waals surface area contributed by atoms with Crippen LogP contribution in [-0.2, 0) is 6.42 Å². The Hall–Kier alpha value is -2.09. The van der Waals surface area contributed by atoms with Gasteiger partial charge >= 0.3 is 6.03 Å². The minimum atomic E-state index is -0.344. The molecular formula is C17H21BrN4O2. The van der Waals surface area contributed by atoms with E-state index in [1.807, 2.05) is 36.4 Å². The second kappa shape index (κ2) is 9.27. The zero-order valence-corrected chi connectivity index (χ0v) is 14.8. The summed E-state index contributed by atoms with van der Waals surface area (Å²) >= 11 is 3.42. The molecule has 2 rings (SSSR count).